The Morgan fingerprint density at radius 1 is 1.25 bits per heavy atom. The predicted molar refractivity (Wildman–Crippen MR) is 46.5 cm³/mol. The molecule has 3 heteroatoms. The number of carbonyl (C=O) groups is 1. The minimum absolute atomic E-state index is 0.0470. The summed E-state index contributed by atoms with van der Waals surface area (Å²) in [6, 6.07) is 0. The third-order valence-corrected chi connectivity index (χ3v) is 1.64. The standard InChI is InChI=1S/C9H18O3/c1-4-7-9(10)12-11-8(5-2)6-3/h8H,4-7H2,1-3H3. The van der Waals surface area contributed by atoms with Crippen molar-refractivity contribution in [3.05, 3.63) is 0 Å². The lowest BCUT2D eigenvalue weighted by Gasteiger charge is -2.10. The van der Waals surface area contributed by atoms with Gasteiger partial charge in [-0.15, -0.1) is 0 Å². The van der Waals surface area contributed by atoms with Gasteiger partial charge in [0.05, 0.1) is 0 Å². The first-order valence-electron chi connectivity index (χ1n) is 4.60. The molecule has 0 heterocycles. The van der Waals surface area contributed by atoms with Gasteiger partial charge in [0.2, 0.25) is 0 Å². The first-order chi connectivity index (χ1) is 5.74. The number of rotatable bonds is 6. The van der Waals surface area contributed by atoms with Crippen molar-refractivity contribution >= 4 is 5.97 Å². The summed E-state index contributed by atoms with van der Waals surface area (Å²) < 4.78 is 0. The fraction of sp³-hybridized carbons (Fsp3) is 0.889. The Hall–Kier alpha value is -0.570. The molecule has 0 radical (unpaired) electrons. The lowest BCUT2D eigenvalue weighted by molar-refractivity contribution is -0.298. The van der Waals surface area contributed by atoms with E-state index in [1.54, 1.807) is 0 Å². The lowest BCUT2D eigenvalue weighted by atomic mass is 10.2. The van der Waals surface area contributed by atoms with Gasteiger partial charge in [0.25, 0.3) is 0 Å². The van der Waals surface area contributed by atoms with Gasteiger partial charge >= 0.3 is 5.97 Å². The Balaban J connectivity index is 3.44. The van der Waals surface area contributed by atoms with Crippen LogP contribution in [-0.4, -0.2) is 12.1 Å². The molecule has 0 bridgehead atoms. The Labute approximate surface area is 74.0 Å². The second-order valence-corrected chi connectivity index (χ2v) is 2.74. The summed E-state index contributed by atoms with van der Waals surface area (Å²) in [7, 11) is 0. The fourth-order valence-electron chi connectivity index (χ4n) is 0.792. The normalized spacial score (nSPS) is 10.3. The average Bonchev–Trinajstić information content (AvgIpc) is 2.07. The zero-order valence-corrected chi connectivity index (χ0v) is 8.13. The minimum atomic E-state index is -0.274. The van der Waals surface area contributed by atoms with Crippen LogP contribution in [0.4, 0.5) is 0 Å². The van der Waals surface area contributed by atoms with Gasteiger partial charge in [-0.2, -0.15) is 4.89 Å². The van der Waals surface area contributed by atoms with Crippen LogP contribution in [-0.2, 0) is 14.6 Å². The molecule has 0 aromatic rings. The van der Waals surface area contributed by atoms with Crippen LogP contribution in [0.15, 0.2) is 0 Å². The Morgan fingerprint density at radius 2 is 1.83 bits per heavy atom. The summed E-state index contributed by atoms with van der Waals surface area (Å²) in [6.45, 7) is 5.93. The third kappa shape index (κ3) is 5.13. The van der Waals surface area contributed by atoms with Gasteiger partial charge in [-0.05, 0) is 19.3 Å². The Bertz CT molecular complexity index is 119. The van der Waals surface area contributed by atoms with E-state index in [1.165, 1.54) is 0 Å². The number of hydrogen-bond acceptors (Lipinski definition) is 3. The van der Waals surface area contributed by atoms with Crippen molar-refractivity contribution in [1.29, 1.82) is 0 Å². The minimum Gasteiger partial charge on any atom is -0.298 e. The molecule has 0 unspecified atom stereocenters. The van der Waals surface area contributed by atoms with Gasteiger partial charge in [-0.1, -0.05) is 20.8 Å². The van der Waals surface area contributed by atoms with Gasteiger partial charge in [-0.3, -0.25) is 4.89 Å². The highest BCUT2D eigenvalue weighted by Gasteiger charge is 2.08. The maximum Gasteiger partial charge on any atom is 0.342 e. The summed E-state index contributed by atoms with van der Waals surface area (Å²) in [6.07, 6.45) is 3.02. The van der Waals surface area contributed by atoms with E-state index in [4.69, 9.17) is 4.89 Å². The molecule has 0 fully saturated rings. The molecule has 0 atom stereocenters. The highest BCUT2D eigenvalue weighted by Crippen LogP contribution is 2.04. The molecule has 0 aromatic carbocycles. The smallest absolute Gasteiger partial charge is 0.298 e. The molecule has 0 spiro atoms. The van der Waals surface area contributed by atoms with Gasteiger partial charge in [0.1, 0.15) is 6.10 Å². The van der Waals surface area contributed by atoms with Crippen molar-refractivity contribution in [3.63, 3.8) is 0 Å². The van der Waals surface area contributed by atoms with E-state index in [0.29, 0.717) is 6.42 Å². The molecule has 72 valence electrons. The average molecular weight is 174 g/mol. The largest absolute Gasteiger partial charge is 0.342 e. The second-order valence-electron chi connectivity index (χ2n) is 2.74. The van der Waals surface area contributed by atoms with Crippen LogP contribution >= 0.6 is 0 Å². The fourth-order valence-corrected chi connectivity index (χ4v) is 0.792. The SMILES string of the molecule is CCCC(=O)OOC(CC)CC. The first-order valence-corrected chi connectivity index (χ1v) is 4.60. The van der Waals surface area contributed by atoms with Crippen molar-refractivity contribution in [2.75, 3.05) is 0 Å². The van der Waals surface area contributed by atoms with E-state index < -0.39 is 0 Å². The zero-order valence-electron chi connectivity index (χ0n) is 8.13. The summed E-state index contributed by atoms with van der Waals surface area (Å²) in [5.74, 6) is -0.274. The summed E-state index contributed by atoms with van der Waals surface area (Å²) in [4.78, 5) is 20.3. The summed E-state index contributed by atoms with van der Waals surface area (Å²) in [5.41, 5.74) is 0. The molecule has 0 aliphatic heterocycles. The lowest BCUT2D eigenvalue weighted by Crippen LogP contribution is -2.14. The van der Waals surface area contributed by atoms with Crippen molar-refractivity contribution in [2.24, 2.45) is 0 Å². The Kier molecular flexibility index (Phi) is 6.76. The third-order valence-electron chi connectivity index (χ3n) is 1.64. The van der Waals surface area contributed by atoms with Crippen LogP contribution < -0.4 is 0 Å². The first kappa shape index (κ1) is 11.4. The molecule has 0 saturated heterocycles. The van der Waals surface area contributed by atoms with Crippen LogP contribution in [0.5, 0.6) is 0 Å². The highest BCUT2D eigenvalue weighted by atomic mass is 17.2. The molecule has 0 aliphatic rings. The van der Waals surface area contributed by atoms with Crippen LogP contribution in [0.3, 0.4) is 0 Å². The quantitative estimate of drug-likeness (QED) is 0.458. The van der Waals surface area contributed by atoms with E-state index in [9.17, 15) is 4.79 Å². The van der Waals surface area contributed by atoms with Crippen molar-refractivity contribution in [1.82, 2.24) is 0 Å². The van der Waals surface area contributed by atoms with Crippen LogP contribution in [0.2, 0.25) is 0 Å². The van der Waals surface area contributed by atoms with E-state index in [1.807, 2.05) is 20.8 Å². The molecule has 12 heavy (non-hydrogen) atoms. The monoisotopic (exact) mass is 174 g/mol. The summed E-state index contributed by atoms with van der Waals surface area (Å²) in [5, 5.41) is 0. The van der Waals surface area contributed by atoms with Crippen molar-refractivity contribution in [2.45, 2.75) is 52.6 Å². The van der Waals surface area contributed by atoms with Crippen molar-refractivity contribution < 1.29 is 14.6 Å². The van der Waals surface area contributed by atoms with Gasteiger partial charge in [0, 0.05) is 6.42 Å². The highest BCUT2D eigenvalue weighted by molar-refractivity contribution is 5.68. The van der Waals surface area contributed by atoms with Gasteiger partial charge < -0.3 is 0 Å². The molecular formula is C9H18O3. The van der Waals surface area contributed by atoms with Gasteiger partial charge in [-0.25, -0.2) is 4.79 Å². The van der Waals surface area contributed by atoms with E-state index in [2.05, 4.69) is 4.89 Å². The van der Waals surface area contributed by atoms with E-state index in [-0.39, 0.29) is 12.1 Å². The molecule has 0 aliphatic carbocycles. The molecule has 0 saturated carbocycles. The van der Waals surface area contributed by atoms with E-state index in [0.717, 1.165) is 19.3 Å². The summed E-state index contributed by atoms with van der Waals surface area (Å²) >= 11 is 0. The molecular weight excluding hydrogens is 156 g/mol. The predicted octanol–water partition coefficient (Wildman–Crippen LogP) is 2.45. The number of carbonyl (C=O) groups excluding carboxylic acids is 1. The maximum atomic E-state index is 10.8. The van der Waals surface area contributed by atoms with Crippen LogP contribution in [0, 0.1) is 0 Å². The number of hydrogen-bond donors (Lipinski definition) is 0. The van der Waals surface area contributed by atoms with E-state index >= 15 is 0 Å². The maximum absolute atomic E-state index is 10.8. The van der Waals surface area contributed by atoms with Gasteiger partial charge in [0.15, 0.2) is 0 Å². The zero-order chi connectivity index (χ0) is 9.40. The molecule has 0 amide bonds. The van der Waals surface area contributed by atoms with Crippen LogP contribution in [0.25, 0.3) is 0 Å². The second kappa shape index (κ2) is 7.10. The molecule has 0 rings (SSSR count). The van der Waals surface area contributed by atoms with Crippen LogP contribution in [0.1, 0.15) is 46.5 Å². The molecule has 3 nitrogen and oxygen atoms in total. The van der Waals surface area contributed by atoms with Crippen molar-refractivity contribution in [3.8, 4) is 0 Å². The Morgan fingerprint density at radius 3 is 2.25 bits per heavy atom. The molecule has 0 N–H and O–H groups in total. The molecule has 0 aromatic heterocycles. The topological polar surface area (TPSA) is 35.5 Å².